The zero-order valence-corrected chi connectivity index (χ0v) is 6.77. The number of esters is 1. The van der Waals surface area contributed by atoms with Crippen molar-refractivity contribution in [3.63, 3.8) is 0 Å². The fourth-order valence-corrected chi connectivity index (χ4v) is 1.32. The fourth-order valence-electron chi connectivity index (χ4n) is 1.32. The molecular weight excluding hydrogens is 162 g/mol. The Morgan fingerprint density at radius 3 is 2.92 bits per heavy atom. The quantitative estimate of drug-likeness (QED) is 0.418. The SMILES string of the molecule is COC(=O)[C@H]1C[C@@H](O)CN1C=O. The molecule has 1 fully saturated rings. The molecule has 12 heavy (non-hydrogen) atoms. The lowest BCUT2D eigenvalue weighted by molar-refractivity contribution is -0.148. The van der Waals surface area contributed by atoms with E-state index in [1.807, 2.05) is 0 Å². The van der Waals surface area contributed by atoms with Gasteiger partial charge in [0, 0.05) is 13.0 Å². The Kier molecular flexibility index (Phi) is 2.65. The predicted octanol–water partition coefficient (Wildman–Crippen LogP) is -1.25. The van der Waals surface area contributed by atoms with Crippen LogP contribution in [0.2, 0.25) is 0 Å². The van der Waals surface area contributed by atoms with Crippen molar-refractivity contribution in [2.45, 2.75) is 18.6 Å². The number of amides is 1. The molecule has 0 aromatic heterocycles. The van der Waals surface area contributed by atoms with Crippen LogP contribution in [0.25, 0.3) is 0 Å². The second-order valence-corrected chi connectivity index (χ2v) is 2.73. The highest BCUT2D eigenvalue weighted by molar-refractivity contribution is 5.78. The van der Waals surface area contributed by atoms with E-state index in [9.17, 15) is 9.59 Å². The molecule has 0 aromatic rings. The summed E-state index contributed by atoms with van der Waals surface area (Å²) in [5.74, 6) is -0.473. The molecule has 1 heterocycles. The lowest BCUT2D eigenvalue weighted by Crippen LogP contribution is -2.35. The first-order chi connectivity index (χ1) is 5.69. The Morgan fingerprint density at radius 1 is 1.75 bits per heavy atom. The van der Waals surface area contributed by atoms with Gasteiger partial charge in [-0.05, 0) is 0 Å². The molecule has 5 nitrogen and oxygen atoms in total. The topological polar surface area (TPSA) is 66.8 Å². The summed E-state index contributed by atoms with van der Waals surface area (Å²) in [6.07, 6.45) is 0.211. The van der Waals surface area contributed by atoms with Gasteiger partial charge in [-0.1, -0.05) is 0 Å². The number of carbonyl (C=O) groups excluding carboxylic acids is 2. The van der Waals surface area contributed by atoms with Gasteiger partial charge in [-0.15, -0.1) is 0 Å². The van der Waals surface area contributed by atoms with E-state index >= 15 is 0 Å². The van der Waals surface area contributed by atoms with E-state index in [0.29, 0.717) is 6.41 Å². The number of likely N-dealkylation sites (tertiary alicyclic amines) is 1. The number of ether oxygens (including phenoxy) is 1. The largest absolute Gasteiger partial charge is 0.467 e. The van der Waals surface area contributed by atoms with E-state index in [4.69, 9.17) is 5.11 Å². The molecule has 0 bridgehead atoms. The Labute approximate surface area is 69.9 Å². The van der Waals surface area contributed by atoms with Gasteiger partial charge in [-0.3, -0.25) is 4.79 Å². The molecule has 1 aliphatic rings. The van der Waals surface area contributed by atoms with Crippen molar-refractivity contribution in [1.82, 2.24) is 4.90 Å². The second-order valence-electron chi connectivity index (χ2n) is 2.73. The molecule has 1 aliphatic heterocycles. The van der Waals surface area contributed by atoms with E-state index in [0.717, 1.165) is 0 Å². The third-order valence-corrected chi connectivity index (χ3v) is 1.93. The van der Waals surface area contributed by atoms with E-state index in [2.05, 4.69) is 4.74 Å². The van der Waals surface area contributed by atoms with Gasteiger partial charge in [0.2, 0.25) is 6.41 Å². The van der Waals surface area contributed by atoms with Gasteiger partial charge in [-0.25, -0.2) is 4.79 Å². The average molecular weight is 173 g/mol. The number of β-amino-alcohol motifs (C(OH)–C–C–N with tert-alkyl or cyclic N) is 1. The minimum atomic E-state index is -0.612. The van der Waals surface area contributed by atoms with Gasteiger partial charge < -0.3 is 14.7 Å². The third-order valence-electron chi connectivity index (χ3n) is 1.93. The number of aliphatic hydroxyl groups is 1. The number of hydrogen-bond acceptors (Lipinski definition) is 4. The molecular formula is C7H11NO4. The third kappa shape index (κ3) is 1.55. The van der Waals surface area contributed by atoms with Crippen molar-refractivity contribution in [3.05, 3.63) is 0 Å². The highest BCUT2D eigenvalue weighted by atomic mass is 16.5. The maximum atomic E-state index is 11.0. The molecule has 5 heteroatoms. The molecule has 1 N–H and O–H groups in total. The highest BCUT2D eigenvalue weighted by Crippen LogP contribution is 2.16. The molecule has 1 rings (SSSR count). The van der Waals surface area contributed by atoms with Gasteiger partial charge in [0.25, 0.3) is 0 Å². The average Bonchev–Trinajstić information content (AvgIpc) is 2.45. The van der Waals surface area contributed by atoms with Gasteiger partial charge in [-0.2, -0.15) is 0 Å². The summed E-state index contributed by atoms with van der Waals surface area (Å²) >= 11 is 0. The van der Waals surface area contributed by atoms with Crippen LogP contribution in [0.15, 0.2) is 0 Å². The summed E-state index contributed by atoms with van der Waals surface area (Å²) < 4.78 is 4.46. The van der Waals surface area contributed by atoms with Gasteiger partial charge in [0.15, 0.2) is 0 Å². The van der Waals surface area contributed by atoms with Crippen LogP contribution in [0.5, 0.6) is 0 Å². The zero-order chi connectivity index (χ0) is 9.14. The lowest BCUT2D eigenvalue weighted by Gasteiger charge is -2.15. The Balaban J connectivity index is 2.63. The van der Waals surface area contributed by atoms with Crippen molar-refractivity contribution in [1.29, 1.82) is 0 Å². The van der Waals surface area contributed by atoms with Gasteiger partial charge in [0.1, 0.15) is 6.04 Å². The number of aliphatic hydroxyl groups excluding tert-OH is 1. The fraction of sp³-hybridized carbons (Fsp3) is 0.714. The van der Waals surface area contributed by atoms with Crippen molar-refractivity contribution in [2.75, 3.05) is 13.7 Å². The number of methoxy groups -OCH3 is 1. The summed E-state index contributed by atoms with van der Waals surface area (Å²) in [7, 11) is 1.26. The van der Waals surface area contributed by atoms with Crippen LogP contribution in [0.4, 0.5) is 0 Å². The Hall–Kier alpha value is -1.10. The van der Waals surface area contributed by atoms with E-state index in [-0.39, 0.29) is 13.0 Å². The van der Waals surface area contributed by atoms with Crippen molar-refractivity contribution in [2.24, 2.45) is 0 Å². The molecule has 0 spiro atoms. The number of hydrogen-bond donors (Lipinski definition) is 1. The summed E-state index contributed by atoms with van der Waals surface area (Å²) in [5, 5.41) is 9.14. The standard InChI is InChI=1S/C7H11NO4/c1-12-7(11)6-2-5(10)3-8(6)4-9/h4-6,10H,2-3H2,1H3/t5-,6-/m1/s1. The molecule has 1 amide bonds. The second kappa shape index (κ2) is 3.53. The molecule has 1 saturated heterocycles. The van der Waals surface area contributed by atoms with E-state index in [1.54, 1.807) is 0 Å². The Morgan fingerprint density at radius 2 is 2.42 bits per heavy atom. The van der Waals surface area contributed by atoms with Crippen LogP contribution in [0, 0.1) is 0 Å². The maximum Gasteiger partial charge on any atom is 0.328 e. The van der Waals surface area contributed by atoms with Gasteiger partial charge in [0.05, 0.1) is 13.2 Å². The summed E-state index contributed by atoms with van der Waals surface area (Å²) in [5.41, 5.74) is 0. The van der Waals surface area contributed by atoms with Crippen LogP contribution in [0.1, 0.15) is 6.42 Å². The van der Waals surface area contributed by atoms with Crippen LogP contribution < -0.4 is 0 Å². The van der Waals surface area contributed by atoms with Crippen molar-refractivity contribution in [3.8, 4) is 0 Å². The number of nitrogens with zero attached hydrogens (tertiary/aromatic N) is 1. The van der Waals surface area contributed by atoms with E-state index in [1.165, 1.54) is 12.0 Å². The zero-order valence-electron chi connectivity index (χ0n) is 6.77. The highest BCUT2D eigenvalue weighted by Gasteiger charge is 2.35. The first-order valence-electron chi connectivity index (χ1n) is 3.66. The molecule has 2 atom stereocenters. The first-order valence-corrected chi connectivity index (χ1v) is 3.66. The monoisotopic (exact) mass is 173 g/mol. The summed E-state index contributed by atoms with van der Waals surface area (Å²) in [6.45, 7) is 0.212. The number of carbonyl (C=O) groups is 2. The first kappa shape index (κ1) is 8.99. The summed E-state index contributed by atoms with van der Waals surface area (Å²) in [4.78, 5) is 22.6. The molecule has 0 radical (unpaired) electrons. The van der Waals surface area contributed by atoms with Crippen LogP contribution in [-0.2, 0) is 14.3 Å². The smallest absolute Gasteiger partial charge is 0.328 e. The van der Waals surface area contributed by atoms with Crippen LogP contribution in [-0.4, -0.2) is 48.2 Å². The predicted molar refractivity (Wildman–Crippen MR) is 39.2 cm³/mol. The normalized spacial score (nSPS) is 28.7. The Bertz CT molecular complexity index is 194. The van der Waals surface area contributed by atoms with Crippen LogP contribution in [0.3, 0.4) is 0 Å². The van der Waals surface area contributed by atoms with Crippen LogP contribution >= 0.6 is 0 Å². The van der Waals surface area contributed by atoms with Crippen molar-refractivity contribution < 1.29 is 19.4 Å². The summed E-state index contributed by atoms with van der Waals surface area (Å²) in [6, 6.07) is -0.609. The molecule has 0 saturated carbocycles. The molecule has 0 aliphatic carbocycles. The van der Waals surface area contributed by atoms with Gasteiger partial charge >= 0.3 is 5.97 Å². The molecule has 0 unspecified atom stereocenters. The molecule has 68 valence electrons. The molecule has 0 aromatic carbocycles. The maximum absolute atomic E-state index is 11.0. The number of rotatable bonds is 2. The minimum absolute atomic E-state index is 0.212. The van der Waals surface area contributed by atoms with Crippen molar-refractivity contribution >= 4 is 12.4 Å². The van der Waals surface area contributed by atoms with E-state index < -0.39 is 18.1 Å². The lowest BCUT2D eigenvalue weighted by atomic mass is 10.2. The minimum Gasteiger partial charge on any atom is -0.467 e.